The van der Waals surface area contributed by atoms with Crippen molar-refractivity contribution in [1.29, 1.82) is 0 Å². The van der Waals surface area contributed by atoms with E-state index in [9.17, 15) is 0 Å². The topological polar surface area (TPSA) is 0 Å². The Hall–Kier alpha value is -3.90. The van der Waals surface area contributed by atoms with Gasteiger partial charge in [-0.15, -0.1) is 0 Å². The van der Waals surface area contributed by atoms with E-state index in [1.807, 2.05) is 0 Å². The van der Waals surface area contributed by atoms with E-state index in [-0.39, 0.29) is 0 Å². The fourth-order valence-corrected chi connectivity index (χ4v) is 5.43. The summed E-state index contributed by atoms with van der Waals surface area (Å²) in [5.74, 6) is 0. The van der Waals surface area contributed by atoms with Crippen molar-refractivity contribution in [1.82, 2.24) is 0 Å². The summed E-state index contributed by atoms with van der Waals surface area (Å²) in [5, 5.41) is 0. The maximum Gasteiger partial charge on any atom is -0.0155 e. The second-order valence-electron chi connectivity index (χ2n) is 10.8. The van der Waals surface area contributed by atoms with E-state index < -0.39 is 0 Å². The quantitative estimate of drug-likeness (QED) is 0.201. The predicted octanol–water partition coefficient (Wildman–Crippen LogP) is 9.82. The van der Waals surface area contributed by atoms with Crippen LogP contribution in [-0.4, -0.2) is 0 Å². The van der Waals surface area contributed by atoms with E-state index in [1.165, 1.54) is 66.8 Å². The lowest BCUT2D eigenvalue weighted by Gasteiger charge is -2.09. The van der Waals surface area contributed by atoms with Gasteiger partial charge in [-0.05, 0) is 109 Å². The van der Waals surface area contributed by atoms with E-state index in [2.05, 4.69) is 137 Å². The van der Waals surface area contributed by atoms with Crippen molar-refractivity contribution in [2.45, 2.75) is 53.4 Å². The highest BCUT2D eigenvalue weighted by Gasteiger charge is 2.05. The molecule has 0 amide bonds. The van der Waals surface area contributed by atoms with Gasteiger partial charge in [0, 0.05) is 0 Å². The first-order valence-electron chi connectivity index (χ1n) is 13.9. The summed E-state index contributed by atoms with van der Waals surface area (Å²) in [7, 11) is 0. The van der Waals surface area contributed by atoms with Crippen LogP contribution in [0.3, 0.4) is 0 Å². The summed E-state index contributed by atoms with van der Waals surface area (Å²) in [6.07, 6.45) is 4.28. The molecule has 0 bridgehead atoms. The van der Waals surface area contributed by atoms with E-state index in [4.69, 9.17) is 0 Å². The van der Waals surface area contributed by atoms with Gasteiger partial charge in [0.05, 0.1) is 0 Å². The molecular formula is C38H38. The number of hydrogen-bond donors (Lipinski definition) is 0. The van der Waals surface area contributed by atoms with Crippen molar-refractivity contribution in [3.63, 3.8) is 0 Å². The number of hydrogen-bond acceptors (Lipinski definition) is 0. The van der Waals surface area contributed by atoms with E-state index in [1.54, 1.807) is 0 Å². The number of benzene rings is 5. The maximum absolute atomic E-state index is 2.31. The van der Waals surface area contributed by atoms with Gasteiger partial charge in [-0.1, -0.05) is 120 Å². The van der Waals surface area contributed by atoms with Gasteiger partial charge in [0.2, 0.25) is 0 Å². The van der Waals surface area contributed by atoms with Gasteiger partial charge in [0.25, 0.3) is 0 Å². The maximum atomic E-state index is 2.31. The Morgan fingerprint density at radius 3 is 0.921 bits per heavy atom. The Balaban J connectivity index is 1.13. The van der Waals surface area contributed by atoms with Gasteiger partial charge in [-0.3, -0.25) is 0 Å². The third-order valence-corrected chi connectivity index (χ3v) is 7.72. The third-order valence-electron chi connectivity index (χ3n) is 7.72. The zero-order valence-electron chi connectivity index (χ0n) is 23.2. The van der Waals surface area contributed by atoms with Crippen molar-refractivity contribution in [3.05, 3.63) is 154 Å². The fraction of sp³-hybridized carbons (Fsp3) is 0.211. The standard InChI is InChI=1S/C38H38/c1-27-5-23-37(29(3)25-27)35-19-15-33(16-20-35)13-11-31-7-9-32(10-8-31)12-14-34-17-21-36(22-18-34)38-24-6-28(2)26-30(38)4/h5-10,15-26H,11-14H2,1-4H3. The first-order chi connectivity index (χ1) is 18.4. The first-order valence-corrected chi connectivity index (χ1v) is 13.9. The summed E-state index contributed by atoms with van der Waals surface area (Å²) >= 11 is 0. The average molecular weight is 495 g/mol. The third kappa shape index (κ3) is 6.32. The smallest absolute Gasteiger partial charge is 0.0155 e. The Bertz CT molecular complexity index is 1380. The largest absolute Gasteiger partial charge is 0.0588 e. The molecule has 0 aromatic heterocycles. The van der Waals surface area contributed by atoms with E-state index >= 15 is 0 Å². The molecule has 0 aliphatic carbocycles. The molecule has 0 saturated heterocycles. The normalized spacial score (nSPS) is 11.1. The van der Waals surface area contributed by atoms with Gasteiger partial charge in [-0.2, -0.15) is 0 Å². The molecular weight excluding hydrogens is 456 g/mol. The van der Waals surface area contributed by atoms with Crippen LogP contribution in [0.1, 0.15) is 44.5 Å². The SMILES string of the molecule is Cc1ccc(-c2ccc(CCc3ccc(CCc4ccc(-c5ccc(C)cc5C)cc4)cc3)cc2)c(C)c1. The molecule has 5 rings (SSSR count). The van der Waals surface area contributed by atoms with Crippen LogP contribution in [0.2, 0.25) is 0 Å². The highest BCUT2D eigenvalue weighted by atomic mass is 14.1. The zero-order chi connectivity index (χ0) is 26.5. The van der Waals surface area contributed by atoms with Crippen molar-refractivity contribution < 1.29 is 0 Å². The highest BCUT2D eigenvalue weighted by molar-refractivity contribution is 5.68. The van der Waals surface area contributed by atoms with Crippen LogP contribution in [0.25, 0.3) is 22.3 Å². The molecule has 38 heavy (non-hydrogen) atoms. The summed E-state index contributed by atoms with van der Waals surface area (Å²) in [5.41, 5.74) is 16.2. The van der Waals surface area contributed by atoms with Gasteiger partial charge in [0.1, 0.15) is 0 Å². The molecule has 190 valence electrons. The molecule has 0 saturated carbocycles. The molecule has 5 aromatic rings. The lowest BCUT2D eigenvalue weighted by atomic mass is 9.96. The monoisotopic (exact) mass is 494 g/mol. The zero-order valence-corrected chi connectivity index (χ0v) is 23.2. The predicted molar refractivity (Wildman–Crippen MR) is 164 cm³/mol. The number of aryl methyl sites for hydroxylation is 8. The van der Waals surface area contributed by atoms with Gasteiger partial charge >= 0.3 is 0 Å². The van der Waals surface area contributed by atoms with Crippen molar-refractivity contribution in [3.8, 4) is 22.3 Å². The molecule has 0 heterocycles. The summed E-state index contributed by atoms with van der Waals surface area (Å²) in [6.45, 7) is 8.70. The van der Waals surface area contributed by atoms with E-state index in [0.29, 0.717) is 0 Å². The number of rotatable bonds is 8. The van der Waals surface area contributed by atoms with Crippen LogP contribution in [-0.2, 0) is 25.7 Å². The second-order valence-corrected chi connectivity index (χ2v) is 10.8. The minimum Gasteiger partial charge on any atom is -0.0588 e. The van der Waals surface area contributed by atoms with Crippen molar-refractivity contribution in [2.24, 2.45) is 0 Å². The van der Waals surface area contributed by atoms with Crippen LogP contribution >= 0.6 is 0 Å². The van der Waals surface area contributed by atoms with Crippen LogP contribution in [0.4, 0.5) is 0 Å². The van der Waals surface area contributed by atoms with Crippen LogP contribution in [0.5, 0.6) is 0 Å². The molecule has 5 aromatic carbocycles. The van der Waals surface area contributed by atoms with Crippen molar-refractivity contribution >= 4 is 0 Å². The molecule has 0 unspecified atom stereocenters. The van der Waals surface area contributed by atoms with Crippen LogP contribution < -0.4 is 0 Å². The lowest BCUT2D eigenvalue weighted by molar-refractivity contribution is 0.940. The minimum atomic E-state index is 1.07. The van der Waals surface area contributed by atoms with Crippen LogP contribution in [0.15, 0.2) is 109 Å². The minimum absolute atomic E-state index is 1.07. The van der Waals surface area contributed by atoms with Gasteiger partial charge in [0.15, 0.2) is 0 Å². The second kappa shape index (κ2) is 11.7. The lowest BCUT2D eigenvalue weighted by Crippen LogP contribution is -1.95. The molecule has 0 spiro atoms. The summed E-state index contributed by atoms with van der Waals surface area (Å²) < 4.78 is 0. The van der Waals surface area contributed by atoms with Crippen molar-refractivity contribution in [2.75, 3.05) is 0 Å². The molecule has 0 aliphatic heterocycles. The molecule has 0 nitrogen and oxygen atoms in total. The molecule has 0 N–H and O–H groups in total. The van der Waals surface area contributed by atoms with Gasteiger partial charge < -0.3 is 0 Å². The summed E-state index contributed by atoms with van der Waals surface area (Å²) in [4.78, 5) is 0. The fourth-order valence-electron chi connectivity index (χ4n) is 5.43. The Labute approximate surface area is 229 Å². The molecule has 0 atom stereocenters. The first kappa shape index (κ1) is 25.7. The molecule has 0 heteroatoms. The molecule has 0 fully saturated rings. The highest BCUT2D eigenvalue weighted by Crippen LogP contribution is 2.26. The van der Waals surface area contributed by atoms with Crippen LogP contribution in [0, 0.1) is 27.7 Å². The van der Waals surface area contributed by atoms with E-state index in [0.717, 1.165) is 25.7 Å². The molecule has 0 radical (unpaired) electrons. The molecule has 0 aliphatic rings. The van der Waals surface area contributed by atoms with Gasteiger partial charge in [-0.25, -0.2) is 0 Å². The Kier molecular flexibility index (Phi) is 7.89. The Morgan fingerprint density at radius 2 is 0.632 bits per heavy atom. The average Bonchev–Trinajstić information content (AvgIpc) is 2.92. The summed E-state index contributed by atoms with van der Waals surface area (Å²) in [6, 6.07) is 40.8. The Morgan fingerprint density at radius 1 is 0.342 bits per heavy atom.